The molecule has 0 radical (unpaired) electrons. The molecule has 0 spiro atoms. The van der Waals surface area contributed by atoms with E-state index in [1.165, 1.54) is 0 Å². The van der Waals surface area contributed by atoms with Gasteiger partial charge in [-0.3, -0.25) is 0 Å². The van der Waals surface area contributed by atoms with E-state index in [9.17, 15) is 10.5 Å². The van der Waals surface area contributed by atoms with E-state index in [0.717, 1.165) is 66.8 Å². The smallest absolute Gasteiger partial charge is 0.242 e. The molecule has 3 aromatic heterocycles. The van der Waals surface area contributed by atoms with E-state index in [1.54, 1.807) is 0 Å². The van der Waals surface area contributed by atoms with Gasteiger partial charge in [0.2, 0.25) is 11.4 Å². The van der Waals surface area contributed by atoms with E-state index in [2.05, 4.69) is 118 Å². The number of nitrogens with zero attached hydrogens (tertiary/aromatic N) is 10. The molecule has 9 rings (SSSR count). The largest absolute Gasteiger partial charge is 0.334 e. The van der Waals surface area contributed by atoms with Crippen LogP contribution in [0, 0.1) is 63.5 Å². The van der Waals surface area contributed by atoms with Crippen molar-refractivity contribution in [2.24, 2.45) is 0 Å². The molecule has 12 heteroatoms. The van der Waals surface area contributed by atoms with Crippen LogP contribution in [0.5, 0.6) is 0 Å². The van der Waals surface area contributed by atoms with Crippen molar-refractivity contribution in [3.8, 4) is 34.4 Å². The van der Waals surface area contributed by atoms with Crippen LogP contribution in [-0.4, -0.2) is 39.9 Å². The first kappa shape index (κ1) is 48.2. The molecule has 72 heavy (non-hydrogen) atoms. The Hall–Kier alpha value is -8.84. The second-order valence-corrected chi connectivity index (χ2v) is 20.0. The summed E-state index contributed by atoms with van der Waals surface area (Å²) in [6, 6.07) is 29.5. The van der Waals surface area contributed by atoms with Gasteiger partial charge in [0.25, 0.3) is 0 Å². The summed E-state index contributed by atoms with van der Waals surface area (Å²) in [4.78, 5) is 46.4. The highest BCUT2D eigenvalue weighted by molar-refractivity contribution is 6.06. The molecule has 4 aromatic carbocycles. The lowest BCUT2D eigenvalue weighted by atomic mass is 9.89. The van der Waals surface area contributed by atoms with Gasteiger partial charge in [0, 0.05) is 22.3 Å². The Labute approximate surface area is 420 Å². The molecule has 2 aliphatic heterocycles. The van der Waals surface area contributed by atoms with Crippen LogP contribution in [0.15, 0.2) is 72.8 Å². The van der Waals surface area contributed by atoms with E-state index >= 15 is 0 Å². The Bertz CT molecular complexity index is 3610. The van der Waals surface area contributed by atoms with Crippen molar-refractivity contribution in [2.45, 2.75) is 107 Å². The first-order valence-electron chi connectivity index (χ1n) is 24.3. The zero-order valence-corrected chi connectivity index (χ0v) is 42.7. The second kappa shape index (κ2) is 18.8. The van der Waals surface area contributed by atoms with Crippen molar-refractivity contribution in [1.82, 2.24) is 39.9 Å². The van der Waals surface area contributed by atoms with Crippen molar-refractivity contribution in [3.05, 3.63) is 180 Å². The fourth-order valence-electron chi connectivity index (χ4n) is 9.89. The number of H-pyrrole nitrogens is 2. The number of hydrogen-bond donors (Lipinski definition) is 2. The molecule has 0 amide bonds. The SMILES string of the molecule is [C-]#[N+]C1=C(c2cc(C)ccc2C(C)C)c2nc1nc1[nH]c(nc3nc(nc4[nH]c(n2)c(C#N)c4-c2cc(C)ccc2C(C)C)C(C#N)=C3c2cc(C)ccc2C(C)C)c([N+]#[C-])c1-c1cc(C)ccc1C(C)C. The quantitative estimate of drug-likeness (QED) is 0.142. The summed E-state index contributed by atoms with van der Waals surface area (Å²) in [5.74, 6) is 0.661. The molecule has 2 aliphatic rings. The summed E-state index contributed by atoms with van der Waals surface area (Å²) in [5.41, 5.74) is 14.2. The van der Waals surface area contributed by atoms with Gasteiger partial charge in [-0.1, -0.05) is 150 Å². The lowest BCUT2D eigenvalue weighted by Crippen LogP contribution is -1.99. The van der Waals surface area contributed by atoms with E-state index in [4.69, 9.17) is 43.0 Å². The highest BCUT2D eigenvalue weighted by Crippen LogP contribution is 2.45. The number of nitrogens with one attached hydrogen (secondary N) is 2. The molecule has 2 N–H and O–H groups in total. The Morgan fingerprint density at radius 1 is 0.444 bits per heavy atom. The number of nitriles is 2. The van der Waals surface area contributed by atoms with E-state index in [0.29, 0.717) is 22.3 Å². The molecule has 5 heterocycles. The summed E-state index contributed by atoms with van der Waals surface area (Å²) < 4.78 is 0. The molecule has 7 aromatic rings. The number of aryl methyl sites for hydroxylation is 4. The number of hydrogen-bond acceptors (Lipinski definition) is 8. The minimum atomic E-state index is 0.0433. The highest BCUT2D eigenvalue weighted by Gasteiger charge is 2.32. The molecule has 354 valence electrons. The van der Waals surface area contributed by atoms with Crippen molar-refractivity contribution in [3.63, 3.8) is 0 Å². The van der Waals surface area contributed by atoms with E-state index in [1.807, 2.05) is 70.2 Å². The van der Waals surface area contributed by atoms with Gasteiger partial charge in [-0.25, -0.2) is 39.6 Å². The van der Waals surface area contributed by atoms with Crippen LogP contribution in [0.2, 0.25) is 0 Å². The topological polar surface area (TPSA) is 165 Å². The fraction of sp³-hybridized carbons (Fsp3) is 0.267. The lowest BCUT2D eigenvalue weighted by molar-refractivity contribution is 0.861. The second-order valence-electron chi connectivity index (χ2n) is 20.0. The summed E-state index contributed by atoms with van der Waals surface area (Å²) in [5, 5.41) is 22.7. The van der Waals surface area contributed by atoms with Crippen LogP contribution in [-0.2, 0) is 0 Å². The Morgan fingerprint density at radius 3 is 1.33 bits per heavy atom. The number of benzene rings is 4. The molecule has 0 saturated carbocycles. The van der Waals surface area contributed by atoms with Crippen LogP contribution in [0.4, 0.5) is 5.69 Å². The fourth-order valence-corrected chi connectivity index (χ4v) is 9.89. The van der Waals surface area contributed by atoms with Gasteiger partial charge in [-0.05, 0) is 95.9 Å². The van der Waals surface area contributed by atoms with Gasteiger partial charge in [-0.15, -0.1) is 0 Å². The van der Waals surface area contributed by atoms with Crippen molar-refractivity contribution in [2.75, 3.05) is 0 Å². The minimum Gasteiger partial charge on any atom is -0.334 e. The molecule has 12 nitrogen and oxygen atoms in total. The van der Waals surface area contributed by atoms with Gasteiger partial charge in [0.15, 0.2) is 28.9 Å². The molecule has 0 atom stereocenters. The van der Waals surface area contributed by atoms with Gasteiger partial charge in [0.05, 0.1) is 13.1 Å². The molecular weight excluding hydrogens is 889 g/mol. The van der Waals surface area contributed by atoms with E-state index in [-0.39, 0.29) is 92.1 Å². The highest BCUT2D eigenvalue weighted by atomic mass is 15.1. The third-order valence-corrected chi connectivity index (χ3v) is 13.4. The van der Waals surface area contributed by atoms with Gasteiger partial charge in [0.1, 0.15) is 40.2 Å². The van der Waals surface area contributed by atoms with Crippen molar-refractivity contribution < 1.29 is 0 Å². The van der Waals surface area contributed by atoms with Crippen LogP contribution >= 0.6 is 0 Å². The summed E-state index contributed by atoms with van der Waals surface area (Å²) in [6.07, 6.45) is 0. The van der Waals surface area contributed by atoms with Crippen molar-refractivity contribution in [1.29, 1.82) is 10.5 Å². The van der Waals surface area contributed by atoms with Crippen molar-refractivity contribution >= 4 is 50.7 Å². The number of aromatic nitrogens is 8. The zero-order chi connectivity index (χ0) is 51.4. The lowest BCUT2D eigenvalue weighted by Gasteiger charge is -2.15. The third kappa shape index (κ3) is 8.31. The normalized spacial score (nSPS) is 12.5. The van der Waals surface area contributed by atoms with Gasteiger partial charge < -0.3 is 9.97 Å². The Balaban J connectivity index is 1.58. The minimum absolute atomic E-state index is 0.0433. The number of aromatic amines is 2. The summed E-state index contributed by atoms with van der Waals surface area (Å²) in [6.45, 7) is 42.5. The van der Waals surface area contributed by atoms with Crippen LogP contribution < -0.4 is 0 Å². The van der Waals surface area contributed by atoms with Crippen LogP contribution in [0.1, 0.15) is 164 Å². The van der Waals surface area contributed by atoms with Gasteiger partial charge >= 0.3 is 0 Å². The van der Waals surface area contributed by atoms with E-state index < -0.39 is 0 Å². The predicted octanol–water partition coefficient (Wildman–Crippen LogP) is 14.7. The van der Waals surface area contributed by atoms with Crippen LogP contribution in [0.3, 0.4) is 0 Å². The standard InChI is InChI=1S/C60H54N12/c1-29(2)37-19-15-33(9)23-41(37)47-45(27-61)54-66-55(47)65-53-46(28-62)48(42-24-34(10)16-20-38(42)30(3)4)56(67-53)69-59-52(64-14)50(44-26-36(12)18-22-40(44)32(7)8)58(71-59)72-60-51(63-13)49(57(68-54)70-60)43-25-35(11)17-21-39(43)31(5)6/h15-26,29-32H,1-12H3,(H2,65,66,67,68,69,70,71,72). The predicted molar refractivity (Wildman–Crippen MR) is 286 cm³/mol. The molecule has 8 bridgehead atoms. The monoisotopic (exact) mass is 942 g/mol. The first-order valence-corrected chi connectivity index (χ1v) is 24.3. The Kier molecular flexibility index (Phi) is 12.6. The third-order valence-electron chi connectivity index (χ3n) is 13.4. The molecular formula is C60H54N12. The molecule has 0 unspecified atom stereocenters. The zero-order valence-electron chi connectivity index (χ0n) is 42.7. The number of fused-ring (bicyclic) bond motifs is 8. The van der Waals surface area contributed by atoms with Crippen LogP contribution in [0.25, 0.3) is 76.9 Å². The summed E-state index contributed by atoms with van der Waals surface area (Å²) in [7, 11) is 0. The average Bonchev–Trinajstić information content (AvgIpc) is 4.07. The molecule has 0 fully saturated rings. The molecule has 0 saturated heterocycles. The number of allylic oxidation sites excluding steroid dienone is 1. The maximum atomic E-state index is 11.4. The van der Waals surface area contributed by atoms with Gasteiger partial charge in [-0.2, -0.15) is 10.5 Å². The molecule has 0 aliphatic carbocycles. The first-order chi connectivity index (χ1) is 34.5. The summed E-state index contributed by atoms with van der Waals surface area (Å²) >= 11 is 0. The Morgan fingerprint density at radius 2 is 0.847 bits per heavy atom. The maximum absolute atomic E-state index is 11.4. The average molecular weight is 943 g/mol. The maximum Gasteiger partial charge on any atom is 0.242 e. The number of rotatable bonds is 8.